The monoisotopic (exact) mass is 665 g/mol. The van der Waals surface area contributed by atoms with Crippen LogP contribution >= 0.6 is 27.5 Å². The van der Waals surface area contributed by atoms with Crippen LogP contribution < -0.4 is 19.1 Å². The van der Waals surface area contributed by atoms with Crippen molar-refractivity contribution in [2.75, 3.05) is 31.6 Å². The summed E-state index contributed by atoms with van der Waals surface area (Å²) in [5.41, 5.74) is 1.00. The van der Waals surface area contributed by atoms with Gasteiger partial charge in [0.05, 0.1) is 24.8 Å². The molecule has 1 atom stereocenters. The van der Waals surface area contributed by atoms with Crippen molar-refractivity contribution in [1.82, 2.24) is 10.2 Å². The highest BCUT2D eigenvalue weighted by Crippen LogP contribution is 2.32. The van der Waals surface area contributed by atoms with Gasteiger partial charge in [-0.15, -0.1) is 0 Å². The van der Waals surface area contributed by atoms with Gasteiger partial charge in [-0.05, 0) is 67.4 Å². The van der Waals surface area contributed by atoms with Gasteiger partial charge in [-0.25, -0.2) is 8.42 Å². The number of nitrogens with one attached hydrogen (secondary N) is 1. The number of carbonyl (C=O) groups is 2. The van der Waals surface area contributed by atoms with Gasteiger partial charge in [0.2, 0.25) is 11.8 Å². The summed E-state index contributed by atoms with van der Waals surface area (Å²) in [7, 11) is -1.44. The van der Waals surface area contributed by atoms with Crippen molar-refractivity contribution in [3.05, 3.63) is 81.8 Å². The summed E-state index contributed by atoms with van der Waals surface area (Å²) in [6, 6.07) is 16.8. The van der Waals surface area contributed by atoms with Gasteiger partial charge in [0.1, 0.15) is 12.6 Å². The molecule has 0 aliphatic carbocycles. The number of carbonyl (C=O) groups excluding carboxylic acids is 2. The number of hydrogen-bond donors (Lipinski definition) is 1. The highest BCUT2D eigenvalue weighted by Gasteiger charge is 2.33. The number of rotatable bonds is 13. The molecule has 0 saturated carbocycles. The predicted molar refractivity (Wildman–Crippen MR) is 163 cm³/mol. The van der Waals surface area contributed by atoms with Crippen molar-refractivity contribution in [2.24, 2.45) is 0 Å². The van der Waals surface area contributed by atoms with Crippen LogP contribution in [0.1, 0.15) is 25.8 Å². The maximum atomic E-state index is 14.0. The predicted octanol–water partition coefficient (Wildman–Crippen LogP) is 5.26. The molecule has 0 bridgehead atoms. The Bertz CT molecular complexity index is 1450. The van der Waals surface area contributed by atoms with Crippen LogP contribution in [0, 0.1) is 0 Å². The second-order valence-electron chi connectivity index (χ2n) is 9.12. The van der Waals surface area contributed by atoms with Crippen molar-refractivity contribution in [3.63, 3.8) is 0 Å². The van der Waals surface area contributed by atoms with E-state index in [1.165, 1.54) is 49.5 Å². The molecule has 3 aromatic carbocycles. The summed E-state index contributed by atoms with van der Waals surface area (Å²) in [5, 5.41) is 3.22. The van der Waals surface area contributed by atoms with Crippen LogP contribution in [0.5, 0.6) is 11.5 Å². The van der Waals surface area contributed by atoms with Crippen LogP contribution in [0.2, 0.25) is 5.02 Å². The molecule has 9 nitrogen and oxygen atoms in total. The zero-order chi connectivity index (χ0) is 30.2. The van der Waals surface area contributed by atoms with E-state index in [2.05, 4.69) is 21.2 Å². The number of nitrogens with zero attached hydrogens (tertiary/aromatic N) is 2. The van der Waals surface area contributed by atoms with Gasteiger partial charge in [0, 0.05) is 28.7 Å². The molecule has 0 spiro atoms. The second-order valence-corrected chi connectivity index (χ2v) is 12.3. The van der Waals surface area contributed by atoms with E-state index in [9.17, 15) is 18.0 Å². The third kappa shape index (κ3) is 8.15. The lowest BCUT2D eigenvalue weighted by Gasteiger charge is -2.32. The topological polar surface area (TPSA) is 105 Å². The van der Waals surface area contributed by atoms with Crippen molar-refractivity contribution in [3.8, 4) is 11.5 Å². The highest BCUT2D eigenvalue weighted by molar-refractivity contribution is 9.10. The van der Waals surface area contributed by atoms with Gasteiger partial charge in [-0.3, -0.25) is 13.9 Å². The van der Waals surface area contributed by atoms with Crippen LogP contribution in [-0.4, -0.2) is 58.5 Å². The normalized spacial score (nSPS) is 11.9. The molecule has 0 aliphatic heterocycles. The molecule has 1 N–H and O–H groups in total. The SMILES string of the molecule is CCCNC(=O)C(C)N(Cc1ccc(Br)cc1)C(=O)CN(c1ccc(Cl)cc1)S(=O)(=O)c1ccc(OC)c(OC)c1. The molecular weight excluding hydrogens is 634 g/mol. The quantitative estimate of drug-likeness (QED) is 0.267. The first kappa shape index (κ1) is 32.2. The van der Waals surface area contributed by atoms with E-state index in [-0.39, 0.29) is 28.8 Å². The number of hydrogen-bond acceptors (Lipinski definition) is 6. The van der Waals surface area contributed by atoms with Crippen LogP contribution in [0.3, 0.4) is 0 Å². The van der Waals surface area contributed by atoms with E-state index < -0.39 is 28.5 Å². The average Bonchev–Trinajstić information content (AvgIpc) is 2.97. The fourth-order valence-electron chi connectivity index (χ4n) is 4.01. The molecule has 0 aliphatic rings. The number of methoxy groups -OCH3 is 2. The van der Waals surface area contributed by atoms with Crippen LogP contribution in [0.4, 0.5) is 5.69 Å². The Hall–Kier alpha value is -3.28. The molecule has 3 aromatic rings. The minimum Gasteiger partial charge on any atom is -0.493 e. The number of amides is 2. The molecule has 1 unspecified atom stereocenters. The largest absolute Gasteiger partial charge is 0.493 e. The lowest BCUT2D eigenvalue weighted by atomic mass is 10.1. The minimum absolute atomic E-state index is 0.0949. The van der Waals surface area contributed by atoms with Crippen LogP contribution in [0.15, 0.2) is 76.1 Å². The van der Waals surface area contributed by atoms with E-state index in [0.29, 0.717) is 17.3 Å². The summed E-state index contributed by atoms with van der Waals surface area (Å²) in [4.78, 5) is 28.2. The minimum atomic E-state index is -4.29. The van der Waals surface area contributed by atoms with Gasteiger partial charge in [0.25, 0.3) is 10.0 Å². The number of halogens is 2. The van der Waals surface area contributed by atoms with E-state index in [1.807, 2.05) is 31.2 Å². The Morgan fingerprint density at radius 1 is 0.976 bits per heavy atom. The number of sulfonamides is 1. The molecular formula is C29H33BrClN3O6S. The summed E-state index contributed by atoms with van der Waals surface area (Å²) < 4.78 is 40.5. The average molecular weight is 667 g/mol. The number of ether oxygens (including phenoxy) is 2. The maximum absolute atomic E-state index is 14.0. The molecule has 3 rings (SSSR count). The molecule has 0 radical (unpaired) electrons. The Morgan fingerprint density at radius 3 is 2.20 bits per heavy atom. The van der Waals surface area contributed by atoms with Crippen molar-refractivity contribution >= 4 is 55.1 Å². The highest BCUT2D eigenvalue weighted by atomic mass is 79.9. The Balaban J connectivity index is 2.05. The third-order valence-electron chi connectivity index (χ3n) is 6.32. The second kappa shape index (κ2) is 14.6. The molecule has 0 saturated heterocycles. The van der Waals surface area contributed by atoms with E-state index in [1.54, 1.807) is 19.1 Å². The molecule has 220 valence electrons. The van der Waals surface area contributed by atoms with E-state index in [0.717, 1.165) is 20.8 Å². The molecule has 0 heterocycles. The summed E-state index contributed by atoms with van der Waals surface area (Å²) in [6.07, 6.45) is 0.729. The Labute approximate surface area is 254 Å². The smallest absolute Gasteiger partial charge is 0.264 e. The molecule has 41 heavy (non-hydrogen) atoms. The van der Waals surface area contributed by atoms with E-state index >= 15 is 0 Å². The van der Waals surface area contributed by atoms with Gasteiger partial charge in [0.15, 0.2) is 11.5 Å². The Morgan fingerprint density at radius 2 is 1.61 bits per heavy atom. The summed E-state index contributed by atoms with van der Waals surface area (Å²) >= 11 is 9.48. The summed E-state index contributed by atoms with van der Waals surface area (Å²) in [5.74, 6) is -0.327. The number of benzene rings is 3. The van der Waals surface area contributed by atoms with Crippen molar-refractivity contribution in [1.29, 1.82) is 0 Å². The van der Waals surface area contributed by atoms with Gasteiger partial charge < -0.3 is 19.7 Å². The third-order valence-corrected chi connectivity index (χ3v) is 8.87. The molecule has 0 aromatic heterocycles. The fraction of sp³-hybridized carbons (Fsp3) is 0.310. The van der Waals surface area contributed by atoms with E-state index in [4.69, 9.17) is 21.1 Å². The standard InChI is InChI=1S/C29H33BrClN3O6S/c1-5-16-32-29(36)20(2)33(18-21-6-8-22(30)9-7-21)28(35)19-34(24-12-10-23(31)11-13-24)41(37,38)25-14-15-26(39-3)27(17-25)40-4/h6-15,17,20H,5,16,18-19H2,1-4H3,(H,32,36). The van der Waals surface area contributed by atoms with Crippen LogP contribution in [0.25, 0.3) is 0 Å². The molecule has 2 amide bonds. The first-order valence-electron chi connectivity index (χ1n) is 12.8. The maximum Gasteiger partial charge on any atom is 0.264 e. The first-order valence-corrected chi connectivity index (χ1v) is 15.4. The number of anilines is 1. The zero-order valence-corrected chi connectivity index (χ0v) is 26.4. The lowest BCUT2D eigenvalue weighted by Crippen LogP contribution is -2.51. The molecule has 12 heteroatoms. The van der Waals surface area contributed by atoms with Crippen LogP contribution in [-0.2, 0) is 26.2 Å². The van der Waals surface area contributed by atoms with Crippen molar-refractivity contribution in [2.45, 2.75) is 37.8 Å². The summed E-state index contributed by atoms with van der Waals surface area (Å²) in [6.45, 7) is 3.53. The van der Waals surface area contributed by atoms with Gasteiger partial charge >= 0.3 is 0 Å². The van der Waals surface area contributed by atoms with Gasteiger partial charge in [-0.2, -0.15) is 0 Å². The Kier molecular flexibility index (Phi) is 11.5. The van der Waals surface area contributed by atoms with Crippen molar-refractivity contribution < 1.29 is 27.5 Å². The fourth-order valence-corrected chi connectivity index (χ4v) is 5.83. The molecule has 0 fully saturated rings. The van der Waals surface area contributed by atoms with Gasteiger partial charge in [-0.1, -0.05) is 46.6 Å². The first-order chi connectivity index (χ1) is 19.5. The zero-order valence-electron chi connectivity index (χ0n) is 23.3. The lowest BCUT2D eigenvalue weighted by molar-refractivity contribution is -0.139.